The van der Waals surface area contributed by atoms with Crippen molar-refractivity contribution in [1.29, 1.82) is 0 Å². The van der Waals surface area contributed by atoms with Gasteiger partial charge in [0.25, 0.3) is 0 Å². The Morgan fingerprint density at radius 3 is 2.56 bits per heavy atom. The maximum absolute atomic E-state index is 5.42. The first-order valence-electron chi connectivity index (χ1n) is 7.93. The van der Waals surface area contributed by atoms with E-state index >= 15 is 0 Å². The molecule has 0 fully saturated rings. The Morgan fingerprint density at radius 1 is 1.16 bits per heavy atom. The van der Waals surface area contributed by atoms with Crippen molar-refractivity contribution in [1.82, 2.24) is 5.43 Å². The molecule has 25 heavy (non-hydrogen) atoms. The number of rotatable bonds is 5. The van der Waals surface area contributed by atoms with Crippen molar-refractivity contribution in [2.75, 3.05) is 31.4 Å². The Balaban J connectivity index is 2.01. The predicted molar refractivity (Wildman–Crippen MR) is 110 cm³/mol. The molecule has 0 aromatic heterocycles. The zero-order valence-electron chi connectivity index (χ0n) is 15.3. The van der Waals surface area contributed by atoms with E-state index in [1.807, 2.05) is 56.3 Å². The highest BCUT2D eigenvalue weighted by atomic mass is 32.1. The van der Waals surface area contributed by atoms with Crippen molar-refractivity contribution in [3.8, 4) is 5.75 Å². The zero-order valence-corrected chi connectivity index (χ0v) is 16.1. The van der Waals surface area contributed by atoms with Crippen LogP contribution in [0.2, 0.25) is 0 Å². The highest BCUT2D eigenvalue weighted by Crippen LogP contribution is 2.23. The Morgan fingerprint density at radius 2 is 1.92 bits per heavy atom. The number of anilines is 2. The van der Waals surface area contributed by atoms with Gasteiger partial charge >= 0.3 is 0 Å². The van der Waals surface area contributed by atoms with E-state index in [0.29, 0.717) is 5.11 Å². The van der Waals surface area contributed by atoms with Gasteiger partial charge in [0, 0.05) is 37.1 Å². The summed E-state index contributed by atoms with van der Waals surface area (Å²) in [6, 6.07) is 12.1. The van der Waals surface area contributed by atoms with Crippen LogP contribution in [0, 0.1) is 13.8 Å². The van der Waals surface area contributed by atoms with Gasteiger partial charge in [-0.1, -0.05) is 17.7 Å². The van der Waals surface area contributed by atoms with Crippen molar-refractivity contribution in [2.45, 2.75) is 13.8 Å². The molecule has 132 valence electrons. The SMILES string of the molecule is COc1cc(N(C)C)ccc1C=NNC(=S)Nc1ccc(C)cc1C. The van der Waals surface area contributed by atoms with Gasteiger partial charge in [-0.05, 0) is 49.8 Å². The maximum atomic E-state index is 5.42. The van der Waals surface area contributed by atoms with Crippen molar-refractivity contribution in [3.05, 3.63) is 53.1 Å². The molecular weight excluding hydrogens is 332 g/mol. The second-order valence-electron chi connectivity index (χ2n) is 5.96. The van der Waals surface area contributed by atoms with Crippen LogP contribution in [0.1, 0.15) is 16.7 Å². The van der Waals surface area contributed by atoms with Crippen LogP contribution in [0.5, 0.6) is 5.75 Å². The van der Waals surface area contributed by atoms with Gasteiger partial charge in [0.2, 0.25) is 0 Å². The molecule has 0 aliphatic heterocycles. The summed E-state index contributed by atoms with van der Waals surface area (Å²) in [5, 5.41) is 7.78. The van der Waals surface area contributed by atoms with Crippen LogP contribution in [0.15, 0.2) is 41.5 Å². The van der Waals surface area contributed by atoms with Crippen molar-refractivity contribution in [2.24, 2.45) is 5.10 Å². The molecule has 0 spiro atoms. The van der Waals surface area contributed by atoms with Gasteiger partial charge < -0.3 is 15.0 Å². The molecule has 2 aromatic rings. The fraction of sp³-hybridized carbons (Fsp3) is 0.263. The largest absolute Gasteiger partial charge is 0.496 e. The van der Waals surface area contributed by atoms with Crippen LogP contribution in [0.3, 0.4) is 0 Å². The van der Waals surface area contributed by atoms with Gasteiger partial charge in [-0.15, -0.1) is 0 Å². The molecule has 0 bridgehead atoms. The lowest BCUT2D eigenvalue weighted by Crippen LogP contribution is -2.24. The van der Waals surface area contributed by atoms with Gasteiger partial charge in [-0.25, -0.2) is 0 Å². The molecule has 6 heteroatoms. The van der Waals surface area contributed by atoms with Gasteiger partial charge in [-0.3, -0.25) is 5.43 Å². The fourth-order valence-corrected chi connectivity index (χ4v) is 2.51. The summed E-state index contributed by atoms with van der Waals surface area (Å²) in [5.74, 6) is 0.755. The highest BCUT2D eigenvalue weighted by molar-refractivity contribution is 7.80. The lowest BCUT2D eigenvalue weighted by molar-refractivity contribution is 0.414. The fourth-order valence-electron chi connectivity index (χ4n) is 2.35. The number of methoxy groups -OCH3 is 1. The second-order valence-corrected chi connectivity index (χ2v) is 6.37. The Kier molecular flexibility index (Phi) is 6.36. The van der Waals surface area contributed by atoms with E-state index in [0.717, 1.165) is 28.3 Å². The first-order chi connectivity index (χ1) is 11.9. The van der Waals surface area contributed by atoms with Crippen LogP contribution in [-0.2, 0) is 0 Å². The standard InChI is InChI=1S/C19H24N4OS/c1-13-6-9-17(14(2)10-13)21-19(25)22-20-12-15-7-8-16(23(3)4)11-18(15)24-5/h6-12H,1-5H3,(H2,21,22,25). The topological polar surface area (TPSA) is 48.9 Å². The number of hydrogen-bond acceptors (Lipinski definition) is 4. The third-order valence-corrected chi connectivity index (χ3v) is 3.93. The Labute approximate surface area is 154 Å². The Hall–Kier alpha value is -2.60. The van der Waals surface area contributed by atoms with Gasteiger partial charge in [0.05, 0.1) is 13.3 Å². The number of benzene rings is 2. The molecule has 2 rings (SSSR count). The molecule has 2 N–H and O–H groups in total. The first-order valence-corrected chi connectivity index (χ1v) is 8.34. The summed E-state index contributed by atoms with van der Waals surface area (Å²) >= 11 is 5.29. The summed E-state index contributed by atoms with van der Waals surface area (Å²) < 4.78 is 5.42. The van der Waals surface area contributed by atoms with Crippen molar-refractivity contribution < 1.29 is 4.74 Å². The van der Waals surface area contributed by atoms with Crippen LogP contribution >= 0.6 is 12.2 Å². The molecule has 5 nitrogen and oxygen atoms in total. The van der Waals surface area contributed by atoms with E-state index in [9.17, 15) is 0 Å². The first kappa shape index (κ1) is 18.7. The van der Waals surface area contributed by atoms with E-state index in [1.54, 1.807) is 13.3 Å². The molecule has 0 aliphatic rings. The third kappa shape index (κ3) is 5.19. The maximum Gasteiger partial charge on any atom is 0.191 e. The summed E-state index contributed by atoms with van der Waals surface area (Å²) in [6.07, 6.45) is 1.69. The summed E-state index contributed by atoms with van der Waals surface area (Å²) in [7, 11) is 5.62. The zero-order chi connectivity index (χ0) is 18.4. The number of hydrazone groups is 1. The number of thiocarbonyl (C=S) groups is 1. The van der Waals surface area contributed by atoms with Crippen LogP contribution in [-0.4, -0.2) is 32.5 Å². The van der Waals surface area contributed by atoms with E-state index in [4.69, 9.17) is 17.0 Å². The van der Waals surface area contributed by atoms with Crippen molar-refractivity contribution >= 4 is 34.9 Å². The normalized spacial score (nSPS) is 10.6. The molecule has 0 atom stereocenters. The predicted octanol–water partition coefficient (Wildman–Crippen LogP) is 3.70. The molecule has 0 unspecified atom stereocenters. The minimum absolute atomic E-state index is 0.437. The quantitative estimate of drug-likeness (QED) is 0.486. The summed E-state index contributed by atoms with van der Waals surface area (Å²) in [5.41, 5.74) is 8.08. The monoisotopic (exact) mass is 356 g/mol. The molecule has 0 amide bonds. The lowest BCUT2D eigenvalue weighted by Gasteiger charge is -2.14. The molecule has 0 heterocycles. The molecular formula is C19H24N4OS. The third-order valence-electron chi connectivity index (χ3n) is 3.73. The van der Waals surface area contributed by atoms with E-state index in [2.05, 4.69) is 28.8 Å². The Bertz CT molecular complexity index is 787. The minimum Gasteiger partial charge on any atom is -0.496 e. The average Bonchev–Trinajstić information content (AvgIpc) is 2.57. The van der Waals surface area contributed by atoms with Gasteiger partial charge in [-0.2, -0.15) is 5.10 Å². The van der Waals surface area contributed by atoms with E-state index in [-0.39, 0.29) is 0 Å². The van der Waals surface area contributed by atoms with Crippen molar-refractivity contribution in [3.63, 3.8) is 0 Å². The van der Waals surface area contributed by atoms with E-state index < -0.39 is 0 Å². The van der Waals surface area contributed by atoms with Crippen LogP contribution in [0.4, 0.5) is 11.4 Å². The van der Waals surface area contributed by atoms with Crippen LogP contribution in [0.25, 0.3) is 0 Å². The van der Waals surface area contributed by atoms with E-state index in [1.165, 1.54) is 5.56 Å². The minimum atomic E-state index is 0.437. The lowest BCUT2D eigenvalue weighted by atomic mass is 10.1. The van der Waals surface area contributed by atoms with Crippen LogP contribution < -0.4 is 20.4 Å². The molecule has 2 aromatic carbocycles. The second kappa shape index (κ2) is 8.48. The molecule has 0 radical (unpaired) electrons. The number of aryl methyl sites for hydroxylation is 2. The van der Waals surface area contributed by atoms with Gasteiger partial charge in [0.15, 0.2) is 5.11 Å². The molecule has 0 saturated heterocycles. The molecule has 0 saturated carbocycles. The number of nitrogens with zero attached hydrogens (tertiary/aromatic N) is 2. The number of ether oxygens (including phenoxy) is 1. The highest BCUT2D eigenvalue weighted by Gasteiger charge is 2.04. The summed E-state index contributed by atoms with van der Waals surface area (Å²) in [6.45, 7) is 4.10. The number of nitrogens with one attached hydrogen (secondary N) is 2. The number of hydrogen-bond donors (Lipinski definition) is 2. The average molecular weight is 356 g/mol. The van der Waals surface area contributed by atoms with Gasteiger partial charge in [0.1, 0.15) is 5.75 Å². The summed E-state index contributed by atoms with van der Waals surface area (Å²) in [4.78, 5) is 2.02. The smallest absolute Gasteiger partial charge is 0.191 e. The molecule has 0 aliphatic carbocycles.